The zero-order chi connectivity index (χ0) is 13.1. The molecule has 1 unspecified atom stereocenters. The van der Waals surface area contributed by atoms with Gasteiger partial charge in [-0.1, -0.05) is 6.42 Å². The van der Waals surface area contributed by atoms with Crippen molar-refractivity contribution in [3.63, 3.8) is 0 Å². The Labute approximate surface area is 113 Å². The van der Waals surface area contributed by atoms with Gasteiger partial charge in [0.05, 0.1) is 18.8 Å². The van der Waals surface area contributed by atoms with E-state index in [1.54, 1.807) is 6.26 Å². The molecule has 19 heavy (non-hydrogen) atoms. The summed E-state index contributed by atoms with van der Waals surface area (Å²) in [5.41, 5.74) is 0. The number of rotatable bonds is 4. The van der Waals surface area contributed by atoms with Crippen molar-refractivity contribution in [1.29, 1.82) is 0 Å². The van der Waals surface area contributed by atoms with Crippen molar-refractivity contribution in [3.05, 3.63) is 35.8 Å². The molecule has 2 aromatic heterocycles. The van der Waals surface area contributed by atoms with Gasteiger partial charge in [0, 0.05) is 13.0 Å². The summed E-state index contributed by atoms with van der Waals surface area (Å²) in [6, 6.07) is 4.07. The number of hydrogen-bond donors (Lipinski definition) is 1. The fraction of sp³-hybridized carbons (Fsp3) is 0.571. The highest BCUT2D eigenvalue weighted by Crippen LogP contribution is 2.18. The highest BCUT2D eigenvalue weighted by molar-refractivity contribution is 5.03. The number of nitrogens with zero attached hydrogens (tertiary/aromatic N) is 3. The Morgan fingerprint density at radius 2 is 2.32 bits per heavy atom. The molecule has 0 aliphatic carbocycles. The normalized spacial score (nSPS) is 16.9. The number of nitrogens with one attached hydrogen (secondary N) is 1. The Bertz CT molecular complexity index is 518. The second-order valence-electron chi connectivity index (χ2n) is 5.12. The molecular formula is C14H20N4O. The monoisotopic (exact) mass is 260 g/mol. The van der Waals surface area contributed by atoms with Gasteiger partial charge in [-0.3, -0.25) is 0 Å². The van der Waals surface area contributed by atoms with E-state index < -0.39 is 0 Å². The lowest BCUT2D eigenvalue weighted by Crippen LogP contribution is -2.22. The van der Waals surface area contributed by atoms with Crippen molar-refractivity contribution >= 4 is 0 Å². The smallest absolute Gasteiger partial charge is 0.149 e. The van der Waals surface area contributed by atoms with E-state index >= 15 is 0 Å². The van der Waals surface area contributed by atoms with E-state index in [4.69, 9.17) is 4.42 Å². The van der Waals surface area contributed by atoms with E-state index in [2.05, 4.69) is 27.0 Å². The molecule has 1 aliphatic rings. The van der Waals surface area contributed by atoms with Crippen molar-refractivity contribution in [1.82, 2.24) is 20.1 Å². The number of furan rings is 1. The highest BCUT2D eigenvalue weighted by Gasteiger charge is 2.18. The Morgan fingerprint density at radius 1 is 1.37 bits per heavy atom. The molecule has 0 fully saturated rings. The molecule has 3 heterocycles. The van der Waals surface area contributed by atoms with Crippen LogP contribution in [0.2, 0.25) is 0 Å². The lowest BCUT2D eigenvalue weighted by Gasteiger charge is -2.14. The van der Waals surface area contributed by atoms with Gasteiger partial charge in [0.25, 0.3) is 0 Å². The first kappa shape index (κ1) is 12.4. The van der Waals surface area contributed by atoms with Crippen LogP contribution >= 0.6 is 0 Å². The SMILES string of the molecule is CC(NCc1ccco1)c1nnc2n1CCCCC2. The number of hydrogen-bond acceptors (Lipinski definition) is 4. The van der Waals surface area contributed by atoms with Gasteiger partial charge in [-0.25, -0.2) is 0 Å². The van der Waals surface area contributed by atoms with Gasteiger partial charge in [0.2, 0.25) is 0 Å². The van der Waals surface area contributed by atoms with Gasteiger partial charge in [-0.05, 0) is 31.9 Å². The molecule has 0 amide bonds. The van der Waals surface area contributed by atoms with Gasteiger partial charge < -0.3 is 14.3 Å². The van der Waals surface area contributed by atoms with Crippen molar-refractivity contribution in [2.45, 2.75) is 51.7 Å². The van der Waals surface area contributed by atoms with E-state index in [1.165, 1.54) is 19.3 Å². The summed E-state index contributed by atoms with van der Waals surface area (Å²) in [7, 11) is 0. The quantitative estimate of drug-likeness (QED) is 0.917. The Kier molecular flexibility index (Phi) is 3.64. The molecule has 102 valence electrons. The van der Waals surface area contributed by atoms with E-state index in [1.807, 2.05) is 12.1 Å². The average molecular weight is 260 g/mol. The molecule has 1 atom stereocenters. The number of aryl methyl sites for hydroxylation is 1. The first-order valence-electron chi connectivity index (χ1n) is 7.02. The zero-order valence-electron chi connectivity index (χ0n) is 11.3. The van der Waals surface area contributed by atoms with Crippen molar-refractivity contribution < 1.29 is 4.42 Å². The molecule has 5 heteroatoms. The van der Waals surface area contributed by atoms with Gasteiger partial charge in [0.1, 0.15) is 17.4 Å². The van der Waals surface area contributed by atoms with Crippen LogP contribution in [0.5, 0.6) is 0 Å². The molecule has 2 aromatic rings. The minimum Gasteiger partial charge on any atom is -0.468 e. The van der Waals surface area contributed by atoms with Crippen LogP contribution in [0, 0.1) is 0 Å². The zero-order valence-corrected chi connectivity index (χ0v) is 11.3. The summed E-state index contributed by atoms with van der Waals surface area (Å²) < 4.78 is 7.61. The largest absolute Gasteiger partial charge is 0.468 e. The van der Waals surface area contributed by atoms with Crippen LogP contribution in [0.4, 0.5) is 0 Å². The van der Waals surface area contributed by atoms with Crippen LogP contribution in [0.3, 0.4) is 0 Å². The minimum atomic E-state index is 0.185. The number of fused-ring (bicyclic) bond motifs is 1. The lowest BCUT2D eigenvalue weighted by atomic mass is 10.2. The summed E-state index contributed by atoms with van der Waals surface area (Å²) in [6.07, 6.45) is 6.50. The molecule has 0 saturated carbocycles. The van der Waals surface area contributed by atoms with Crippen LogP contribution in [-0.2, 0) is 19.5 Å². The second-order valence-corrected chi connectivity index (χ2v) is 5.12. The summed E-state index contributed by atoms with van der Waals surface area (Å²) in [4.78, 5) is 0. The van der Waals surface area contributed by atoms with E-state index in [0.29, 0.717) is 0 Å². The third-order valence-corrected chi connectivity index (χ3v) is 3.69. The molecule has 0 saturated heterocycles. The van der Waals surface area contributed by atoms with Crippen molar-refractivity contribution in [3.8, 4) is 0 Å². The van der Waals surface area contributed by atoms with E-state index in [-0.39, 0.29) is 6.04 Å². The number of aromatic nitrogens is 3. The minimum absolute atomic E-state index is 0.185. The van der Waals surface area contributed by atoms with Crippen LogP contribution in [0.15, 0.2) is 22.8 Å². The summed E-state index contributed by atoms with van der Waals surface area (Å²) in [5.74, 6) is 3.13. The molecule has 0 radical (unpaired) electrons. The molecule has 1 aliphatic heterocycles. The van der Waals surface area contributed by atoms with Crippen molar-refractivity contribution in [2.75, 3.05) is 0 Å². The van der Waals surface area contributed by atoms with Gasteiger partial charge >= 0.3 is 0 Å². The third kappa shape index (κ3) is 2.71. The van der Waals surface area contributed by atoms with Crippen LogP contribution in [0.25, 0.3) is 0 Å². The summed E-state index contributed by atoms with van der Waals surface area (Å²) in [6.45, 7) is 3.89. The molecule has 0 bridgehead atoms. The standard InChI is InChI=1S/C14H20N4O/c1-11(15-10-12-6-5-9-19-12)14-17-16-13-7-3-2-4-8-18(13)14/h5-6,9,11,15H,2-4,7-8,10H2,1H3. The molecule has 0 spiro atoms. The topological polar surface area (TPSA) is 55.9 Å². The molecule has 3 rings (SSSR count). The summed E-state index contributed by atoms with van der Waals surface area (Å²) in [5, 5.41) is 12.1. The fourth-order valence-electron chi connectivity index (χ4n) is 2.59. The highest BCUT2D eigenvalue weighted by atomic mass is 16.3. The molecular weight excluding hydrogens is 240 g/mol. The lowest BCUT2D eigenvalue weighted by molar-refractivity contribution is 0.442. The van der Waals surface area contributed by atoms with Crippen LogP contribution < -0.4 is 5.32 Å². The van der Waals surface area contributed by atoms with E-state index in [9.17, 15) is 0 Å². The van der Waals surface area contributed by atoms with Crippen LogP contribution in [0.1, 0.15) is 49.6 Å². The maximum Gasteiger partial charge on any atom is 0.149 e. The van der Waals surface area contributed by atoms with Crippen molar-refractivity contribution in [2.24, 2.45) is 0 Å². The van der Waals surface area contributed by atoms with E-state index in [0.717, 1.165) is 36.9 Å². The Hall–Kier alpha value is -1.62. The first-order valence-corrected chi connectivity index (χ1v) is 7.02. The average Bonchev–Trinajstić information content (AvgIpc) is 3.02. The maximum atomic E-state index is 5.33. The van der Waals surface area contributed by atoms with Gasteiger partial charge in [-0.2, -0.15) is 0 Å². The maximum absolute atomic E-state index is 5.33. The van der Waals surface area contributed by atoms with Gasteiger partial charge in [0.15, 0.2) is 0 Å². The first-order chi connectivity index (χ1) is 9.34. The summed E-state index contributed by atoms with van der Waals surface area (Å²) >= 11 is 0. The fourth-order valence-corrected chi connectivity index (χ4v) is 2.59. The van der Waals surface area contributed by atoms with Crippen LogP contribution in [-0.4, -0.2) is 14.8 Å². The Morgan fingerprint density at radius 3 is 3.16 bits per heavy atom. The molecule has 5 nitrogen and oxygen atoms in total. The molecule has 0 aromatic carbocycles. The second kappa shape index (κ2) is 5.57. The van der Waals surface area contributed by atoms with Gasteiger partial charge in [-0.15, -0.1) is 10.2 Å². The Balaban J connectivity index is 1.69. The molecule has 1 N–H and O–H groups in total. The third-order valence-electron chi connectivity index (χ3n) is 3.69. The predicted octanol–water partition coefficient (Wildman–Crippen LogP) is 2.45. The predicted molar refractivity (Wildman–Crippen MR) is 71.5 cm³/mol.